The van der Waals surface area contributed by atoms with Gasteiger partial charge in [-0.15, -0.1) is 0 Å². The molecular formula is C22H23FN2O3. The van der Waals surface area contributed by atoms with Crippen molar-refractivity contribution in [2.45, 2.75) is 20.8 Å². The van der Waals surface area contributed by atoms with Gasteiger partial charge in [0.2, 0.25) is 0 Å². The van der Waals surface area contributed by atoms with Crippen LogP contribution in [-0.2, 0) is 9.59 Å². The van der Waals surface area contributed by atoms with Crippen LogP contribution in [0.1, 0.15) is 26.3 Å². The highest BCUT2D eigenvalue weighted by atomic mass is 19.1. The number of carbonyl (C=O) groups excluding carboxylic acids is 2. The fraction of sp³-hybridized carbons (Fsp3) is 0.273. The van der Waals surface area contributed by atoms with Crippen molar-refractivity contribution in [2.75, 3.05) is 18.5 Å². The molecule has 1 N–H and O–H groups in total. The second-order valence-corrected chi connectivity index (χ2v) is 6.96. The normalized spacial score (nSPS) is 14.2. The summed E-state index contributed by atoms with van der Waals surface area (Å²) in [6.45, 7) is 6.60. The highest BCUT2D eigenvalue weighted by Crippen LogP contribution is 2.31. The molecule has 5 nitrogen and oxygen atoms in total. The molecule has 0 spiro atoms. The molecule has 0 bridgehead atoms. The summed E-state index contributed by atoms with van der Waals surface area (Å²) in [5.41, 5.74) is 1.56. The minimum Gasteiger partial charge on any atom is -0.494 e. The predicted octanol–water partition coefficient (Wildman–Crippen LogP) is 4.07. The van der Waals surface area contributed by atoms with Crippen LogP contribution in [0.4, 0.5) is 10.1 Å². The molecule has 28 heavy (non-hydrogen) atoms. The number of nitrogens with one attached hydrogen (secondary N) is 1. The summed E-state index contributed by atoms with van der Waals surface area (Å²) in [5.74, 6) is -0.386. The first-order valence-corrected chi connectivity index (χ1v) is 9.27. The van der Waals surface area contributed by atoms with E-state index in [0.717, 1.165) is 0 Å². The second kappa shape index (κ2) is 8.25. The number of amides is 2. The van der Waals surface area contributed by atoms with Gasteiger partial charge in [0.15, 0.2) is 0 Å². The van der Waals surface area contributed by atoms with Crippen molar-refractivity contribution in [3.63, 3.8) is 0 Å². The maximum atomic E-state index is 13.3. The summed E-state index contributed by atoms with van der Waals surface area (Å²) in [6, 6.07) is 12.7. The average molecular weight is 382 g/mol. The first kappa shape index (κ1) is 19.6. The number of halogens is 1. The first-order chi connectivity index (χ1) is 13.4. The van der Waals surface area contributed by atoms with Crippen molar-refractivity contribution in [2.24, 2.45) is 5.92 Å². The van der Waals surface area contributed by atoms with Gasteiger partial charge in [-0.2, -0.15) is 0 Å². The van der Waals surface area contributed by atoms with Crippen LogP contribution in [0.5, 0.6) is 5.75 Å². The smallest absolute Gasteiger partial charge is 0.278 e. The zero-order valence-electron chi connectivity index (χ0n) is 16.2. The Bertz CT molecular complexity index is 920. The van der Waals surface area contributed by atoms with Gasteiger partial charge in [0.25, 0.3) is 11.8 Å². The molecule has 1 aliphatic heterocycles. The molecule has 146 valence electrons. The Hall–Kier alpha value is -3.15. The summed E-state index contributed by atoms with van der Waals surface area (Å²) in [4.78, 5) is 27.2. The predicted molar refractivity (Wildman–Crippen MR) is 106 cm³/mol. The summed E-state index contributed by atoms with van der Waals surface area (Å²) < 4.78 is 18.8. The van der Waals surface area contributed by atoms with Gasteiger partial charge in [0.1, 0.15) is 17.3 Å². The van der Waals surface area contributed by atoms with E-state index in [1.54, 1.807) is 18.2 Å². The van der Waals surface area contributed by atoms with Crippen molar-refractivity contribution in [3.05, 3.63) is 65.6 Å². The molecule has 2 aromatic rings. The lowest BCUT2D eigenvalue weighted by Crippen LogP contribution is -2.35. The lowest BCUT2D eigenvalue weighted by atomic mass is 10.0. The van der Waals surface area contributed by atoms with Gasteiger partial charge >= 0.3 is 0 Å². The number of nitrogens with zero attached hydrogens (tertiary/aromatic N) is 1. The highest BCUT2D eigenvalue weighted by Gasteiger charge is 2.39. The monoisotopic (exact) mass is 382 g/mol. The molecular weight excluding hydrogens is 359 g/mol. The largest absolute Gasteiger partial charge is 0.494 e. The van der Waals surface area contributed by atoms with Crippen molar-refractivity contribution in [1.82, 2.24) is 4.90 Å². The number of hydrogen-bond donors (Lipinski definition) is 1. The minimum absolute atomic E-state index is 0.128. The van der Waals surface area contributed by atoms with Gasteiger partial charge in [-0.1, -0.05) is 32.0 Å². The number of anilines is 1. The molecule has 1 aliphatic rings. The molecule has 0 saturated carbocycles. The quantitative estimate of drug-likeness (QED) is 0.734. The van der Waals surface area contributed by atoms with Crippen LogP contribution in [0.2, 0.25) is 0 Å². The van der Waals surface area contributed by atoms with E-state index in [0.29, 0.717) is 30.2 Å². The third kappa shape index (κ3) is 4.06. The number of carbonyl (C=O) groups is 2. The summed E-state index contributed by atoms with van der Waals surface area (Å²) in [5, 5.41) is 3.08. The van der Waals surface area contributed by atoms with E-state index in [1.807, 2.05) is 26.8 Å². The number of rotatable bonds is 7. The van der Waals surface area contributed by atoms with Gasteiger partial charge in [0, 0.05) is 18.3 Å². The number of hydrogen-bond acceptors (Lipinski definition) is 4. The molecule has 0 aromatic heterocycles. The Morgan fingerprint density at radius 3 is 2.43 bits per heavy atom. The lowest BCUT2D eigenvalue weighted by Gasteiger charge is -2.17. The zero-order chi connectivity index (χ0) is 20.3. The Morgan fingerprint density at radius 1 is 1.07 bits per heavy atom. The van der Waals surface area contributed by atoms with Gasteiger partial charge in [-0.05, 0) is 42.7 Å². The third-order valence-corrected chi connectivity index (χ3v) is 4.26. The van der Waals surface area contributed by atoms with E-state index in [9.17, 15) is 14.0 Å². The summed E-state index contributed by atoms with van der Waals surface area (Å²) >= 11 is 0. The first-order valence-electron chi connectivity index (χ1n) is 9.27. The van der Waals surface area contributed by atoms with E-state index in [2.05, 4.69) is 5.32 Å². The molecule has 3 rings (SSSR count). The SMILES string of the molecule is CCOc1cccc(NC2=C(c3ccc(F)cc3)C(=O)N(CC(C)C)C2=O)c1. The van der Waals surface area contributed by atoms with Crippen LogP contribution < -0.4 is 10.1 Å². The topological polar surface area (TPSA) is 58.6 Å². The maximum absolute atomic E-state index is 13.3. The van der Waals surface area contributed by atoms with Crippen molar-refractivity contribution in [3.8, 4) is 5.75 Å². The molecule has 1 heterocycles. The fourth-order valence-electron chi connectivity index (χ4n) is 3.08. The zero-order valence-corrected chi connectivity index (χ0v) is 16.2. The minimum atomic E-state index is -0.404. The Morgan fingerprint density at radius 2 is 1.79 bits per heavy atom. The van der Waals surface area contributed by atoms with E-state index < -0.39 is 5.82 Å². The summed E-state index contributed by atoms with van der Waals surface area (Å²) in [7, 11) is 0. The van der Waals surface area contributed by atoms with Gasteiger partial charge < -0.3 is 10.1 Å². The molecule has 6 heteroatoms. The third-order valence-electron chi connectivity index (χ3n) is 4.26. The molecule has 0 atom stereocenters. The lowest BCUT2D eigenvalue weighted by molar-refractivity contribution is -0.137. The Kier molecular flexibility index (Phi) is 5.78. The van der Waals surface area contributed by atoms with Gasteiger partial charge in [-0.25, -0.2) is 4.39 Å². The van der Waals surface area contributed by atoms with Crippen LogP contribution in [0, 0.1) is 11.7 Å². The Labute approximate surface area is 163 Å². The van der Waals surface area contributed by atoms with Crippen LogP contribution in [0.3, 0.4) is 0 Å². The average Bonchev–Trinajstić information content (AvgIpc) is 2.87. The van der Waals surface area contributed by atoms with E-state index in [1.165, 1.54) is 29.2 Å². The van der Waals surface area contributed by atoms with Gasteiger partial charge in [-0.3, -0.25) is 14.5 Å². The molecule has 0 aliphatic carbocycles. The molecule has 2 aromatic carbocycles. The van der Waals surface area contributed by atoms with E-state index in [4.69, 9.17) is 4.74 Å². The van der Waals surface area contributed by atoms with E-state index in [-0.39, 0.29) is 29.0 Å². The molecule has 0 unspecified atom stereocenters. The van der Waals surface area contributed by atoms with Crippen LogP contribution in [0.15, 0.2) is 54.2 Å². The molecule has 2 amide bonds. The molecule has 0 saturated heterocycles. The summed E-state index contributed by atoms with van der Waals surface area (Å²) in [6.07, 6.45) is 0. The standard InChI is InChI=1S/C22H23FN2O3/c1-4-28-18-7-5-6-17(12-18)24-20-19(15-8-10-16(23)11-9-15)21(26)25(22(20)27)13-14(2)3/h5-12,14,24H,4,13H2,1-3H3. The van der Waals surface area contributed by atoms with Gasteiger partial charge in [0.05, 0.1) is 12.2 Å². The Balaban J connectivity index is 2.03. The van der Waals surface area contributed by atoms with Crippen LogP contribution in [-0.4, -0.2) is 29.9 Å². The van der Waals surface area contributed by atoms with Crippen molar-refractivity contribution >= 4 is 23.1 Å². The number of ether oxygens (including phenoxy) is 1. The number of imide groups is 1. The van der Waals surface area contributed by atoms with Crippen LogP contribution >= 0.6 is 0 Å². The van der Waals surface area contributed by atoms with Crippen molar-refractivity contribution < 1.29 is 18.7 Å². The van der Waals surface area contributed by atoms with Crippen molar-refractivity contribution in [1.29, 1.82) is 0 Å². The number of benzene rings is 2. The second-order valence-electron chi connectivity index (χ2n) is 6.96. The van der Waals surface area contributed by atoms with Crippen LogP contribution in [0.25, 0.3) is 5.57 Å². The molecule has 0 fully saturated rings. The fourth-order valence-corrected chi connectivity index (χ4v) is 3.08. The maximum Gasteiger partial charge on any atom is 0.278 e. The highest BCUT2D eigenvalue weighted by molar-refractivity contribution is 6.36. The molecule has 0 radical (unpaired) electrons. The van der Waals surface area contributed by atoms with E-state index >= 15 is 0 Å².